The van der Waals surface area contributed by atoms with Crippen LogP contribution < -0.4 is 19.9 Å². The van der Waals surface area contributed by atoms with Gasteiger partial charge in [-0.3, -0.25) is 5.32 Å². The number of imidazole rings is 1. The van der Waals surface area contributed by atoms with Crippen molar-refractivity contribution in [1.82, 2.24) is 19.9 Å². The predicted molar refractivity (Wildman–Crippen MR) is 160 cm³/mol. The predicted octanol–water partition coefficient (Wildman–Crippen LogP) is 3.76. The molecule has 0 unspecified atom stereocenters. The molecule has 0 radical (unpaired) electrons. The summed E-state index contributed by atoms with van der Waals surface area (Å²) in [4.78, 5) is 48.9. The summed E-state index contributed by atoms with van der Waals surface area (Å²) >= 11 is 1.02. The first-order chi connectivity index (χ1) is 20.7. The van der Waals surface area contributed by atoms with Crippen LogP contribution in [0.3, 0.4) is 0 Å². The average molecular weight is 633 g/mol. The number of thiazole rings is 1. The number of aryl methyl sites for hydroxylation is 1. The monoisotopic (exact) mass is 632 g/mol. The van der Waals surface area contributed by atoms with Crippen LogP contribution in [-0.2, 0) is 25.7 Å². The third kappa shape index (κ3) is 11.9. The number of pyridine rings is 1. The molecule has 3 heterocycles. The average Bonchev–Trinajstić information content (AvgIpc) is 3.56. The van der Waals surface area contributed by atoms with E-state index in [0.717, 1.165) is 17.8 Å². The number of ether oxygens (including phenoxy) is 3. The number of hydrogen-bond donors (Lipinski definition) is 3. The topological polar surface area (TPSA) is 179 Å². The lowest BCUT2D eigenvalue weighted by molar-refractivity contribution is -0.696. The van der Waals surface area contributed by atoms with Crippen molar-refractivity contribution in [3.63, 3.8) is 0 Å². The van der Waals surface area contributed by atoms with Gasteiger partial charge in [0.2, 0.25) is 17.9 Å². The fourth-order valence-corrected chi connectivity index (χ4v) is 4.05. The van der Waals surface area contributed by atoms with Crippen molar-refractivity contribution in [2.24, 2.45) is 5.16 Å². The first-order valence-corrected chi connectivity index (χ1v) is 14.6. The Morgan fingerprint density at radius 2 is 1.80 bits per heavy atom. The molecule has 44 heavy (non-hydrogen) atoms. The minimum absolute atomic E-state index is 0.0260. The number of nitrogens with zero attached hydrogens (tertiary/aromatic N) is 5. The molecule has 0 saturated heterocycles. The van der Waals surface area contributed by atoms with E-state index in [1.807, 2.05) is 48.6 Å². The van der Waals surface area contributed by atoms with Gasteiger partial charge in [0.15, 0.2) is 11.7 Å². The Labute approximate surface area is 258 Å². The molecule has 0 atom stereocenters. The molecule has 16 heteroatoms. The van der Waals surface area contributed by atoms with E-state index in [-0.39, 0.29) is 24.0 Å². The number of nitrogens with one attached hydrogen (secondary N) is 2. The highest BCUT2D eigenvalue weighted by atomic mass is 32.1. The van der Waals surface area contributed by atoms with Crippen molar-refractivity contribution in [3.8, 4) is 11.6 Å². The highest BCUT2D eigenvalue weighted by Crippen LogP contribution is 2.18. The molecule has 3 aromatic rings. The van der Waals surface area contributed by atoms with Crippen LogP contribution in [0.25, 0.3) is 5.82 Å². The van der Waals surface area contributed by atoms with Crippen LogP contribution in [-0.4, -0.2) is 74.5 Å². The van der Waals surface area contributed by atoms with E-state index < -0.39 is 35.1 Å². The summed E-state index contributed by atoms with van der Waals surface area (Å²) in [5.41, 5.74) is -1.62. The molecule has 0 fully saturated rings. The van der Waals surface area contributed by atoms with E-state index >= 15 is 0 Å². The van der Waals surface area contributed by atoms with Crippen LogP contribution in [0.1, 0.15) is 53.7 Å². The lowest BCUT2D eigenvalue weighted by atomic mass is 10.2. The summed E-state index contributed by atoms with van der Waals surface area (Å²) in [6.07, 6.45) is 6.82. The molecule has 0 aliphatic rings. The smallest absolute Gasteiger partial charge is 0.413 e. The second kappa shape index (κ2) is 15.1. The van der Waals surface area contributed by atoms with Crippen LogP contribution in [0.15, 0.2) is 47.6 Å². The van der Waals surface area contributed by atoms with Gasteiger partial charge in [-0.25, -0.2) is 28.9 Å². The van der Waals surface area contributed by atoms with Crippen molar-refractivity contribution in [2.75, 3.05) is 25.1 Å². The van der Waals surface area contributed by atoms with Gasteiger partial charge in [0, 0.05) is 24.4 Å². The van der Waals surface area contributed by atoms with Gasteiger partial charge in [-0.05, 0) is 47.6 Å². The zero-order valence-corrected chi connectivity index (χ0v) is 26.3. The molecule has 238 valence electrons. The first-order valence-electron chi connectivity index (χ1n) is 13.7. The molecule has 3 N–H and O–H groups in total. The van der Waals surface area contributed by atoms with Crippen molar-refractivity contribution in [3.05, 3.63) is 48.1 Å². The Kier molecular flexibility index (Phi) is 11.6. The van der Waals surface area contributed by atoms with Gasteiger partial charge in [-0.15, -0.1) is 11.3 Å². The van der Waals surface area contributed by atoms with Crippen LogP contribution in [0.4, 0.5) is 14.7 Å². The summed E-state index contributed by atoms with van der Waals surface area (Å²) in [7, 11) is 0. The number of rotatable bonds is 13. The molecule has 0 spiro atoms. The molecular weight excluding hydrogens is 594 g/mol. The van der Waals surface area contributed by atoms with Crippen LogP contribution in [0, 0.1) is 0 Å². The Morgan fingerprint density at radius 3 is 2.45 bits per heavy atom. The fraction of sp³-hybridized carbons (Fsp3) is 0.464. The number of oxime groups is 1. The summed E-state index contributed by atoms with van der Waals surface area (Å²) in [6.45, 7) is 11.9. The number of carboxylic acid groups (broad SMARTS) is 1. The number of hydrogen-bond acceptors (Lipinski definition) is 11. The zero-order valence-electron chi connectivity index (χ0n) is 25.5. The molecule has 3 rings (SSSR count). The third-order valence-electron chi connectivity index (χ3n) is 5.09. The molecule has 2 amide bonds. The molecule has 15 nitrogen and oxygen atoms in total. The number of anilines is 1. The second-order valence-corrected chi connectivity index (χ2v) is 12.1. The molecule has 0 aromatic carbocycles. The largest absolute Gasteiger partial charge is 0.488 e. The Bertz CT molecular complexity index is 1440. The highest BCUT2D eigenvalue weighted by molar-refractivity contribution is 7.14. The number of amides is 2. The molecular formula is C28H38N7O8S+. The summed E-state index contributed by atoms with van der Waals surface area (Å²) in [5.74, 6) is -0.173. The molecule has 0 aliphatic carbocycles. The molecule has 3 aromatic heterocycles. The maximum atomic E-state index is 11.9. The van der Waals surface area contributed by atoms with Gasteiger partial charge in [-0.1, -0.05) is 5.16 Å². The number of alkyl carbamates (subject to hydrolysis) is 1. The standard InChI is InChI=1S/C28H37N7O8S/c1-27(2,3)42-25(38)29-10-7-11-34-12-13-35(18-34)21-9-8-19(16-30-21)40-14-15-41-33-22(23(36)37)20-17-44-24(31-20)32-26(39)43-28(4,5)6/h8-9,12-13,16-18H,7,10-11,14-15H2,1-6H3,(H2-,29,31,32,36,37,38,39)/p+1/b33-22-. The van der Waals surface area contributed by atoms with Crippen LogP contribution >= 0.6 is 11.3 Å². The highest BCUT2D eigenvalue weighted by Gasteiger charge is 2.21. The van der Waals surface area contributed by atoms with Crippen LogP contribution in [0.2, 0.25) is 0 Å². The maximum absolute atomic E-state index is 11.9. The van der Waals surface area contributed by atoms with Gasteiger partial charge in [-0.2, -0.15) is 4.57 Å². The maximum Gasteiger partial charge on any atom is 0.413 e. The van der Waals surface area contributed by atoms with E-state index in [0.29, 0.717) is 24.7 Å². The third-order valence-corrected chi connectivity index (χ3v) is 5.85. The Morgan fingerprint density at radius 1 is 1.07 bits per heavy atom. The van der Waals surface area contributed by atoms with Gasteiger partial charge in [0.25, 0.3) is 0 Å². The van der Waals surface area contributed by atoms with Gasteiger partial charge < -0.3 is 29.5 Å². The number of carboxylic acids is 1. The van der Waals surface area contributed by atoms with E-state index in [1.165, 1.54) is 5.38 Å². The number of carbonyl (C=O) groups is 3. The first kappa shape index (κ1) is 33.8. The minimum atomic E-state index is -1.34. The number of carbonyl (C=O) groups excluding carboxylic acids is 2. The van der Waals surface area contributed by atoms with Crippen molar-refractivity contribution < 1.29 is 43.1 Å². The minimum Gasteiger partial charge on any atom is -0.488 e. The van der Waals surface area contributed by atoms with Crippen molar-refractivity contribution in [1.29, 1.82) is 0 Å². The normalized spacial score (nSPS) is 11.9. The Balaban J connectivity index is 1.42. The van der Waals surface area contributed by atoms with E-state index in [4.69, 9.17) is 19.0 Å². The molecule has 0 bridgehead atoms. The number of aromatic nitrogens is 4. The number of aliphatic carboxylic acids is 1. The van der Waals surface area contributed by atoms with Crippen molar-refractivity contribution in [2.45, 2.75) is 65.7 Å². The summed E-state index contributed by atoms with van der Waals surface area (Å²) < 4.78 is 19.8. The molecule has 0 saturated carbocycles. The second-order valence-electron chi connectivity index (χ2n) is 11.3. The SMILES string of the molecule is CC(C)(C)OC(=O)NCCC[n+]1ccn(-c2ccc(OCCO/N=C(\C(=O)O)c3csc(NC(=O)OC(C)(C)C)n3)cn2)c1. The lowest BCUT2D eigenvalue weighted by Gasteiger charge is -2.19. The fourth-order valence-electron chi connectivity index (χ4n) is 3.37. The molecule has 0 aliphatic heterocycles. The van der Waals surface area contributed by atoms with Crippen molar-refractivity contribution >= 4 is 40.3 Å². The zero-order chi connectivity index (χ0) is 32.3. The van der Waals surface area contributed by atoms with E-state index in [9.17, 15) is 19.5 Å². The van der Waals surface area contributed by atoms with Gasteiger partial charge in [0.1, 0.15) is 41.6 Å². The lowest BCUT2D eigenvalue weighted by Crippen LogP contribution is -2.36. The summed E-state index contributed by atoms with van der Waals surface area (Å²) in [5, 5.41) is 20.0. The van der Waals surface area contributed by atoms with Crippen LogP contribution in [0.5, 0.6) is 5.75 Å². The quantitative estimate of drug-likeness (QED) is 0.109. The van der Waals surface area contributed by atoms with E-state index in [2.05, 4.69) is 25.8 Å². The summed E-state index contributed by atoms with van der Waals surface area (Å²) in [6, 6.07) is 3.54. The van der Waals surface area contributed by atoms with E-state index in [1.54, 1.807) is 39.1 Å². The van der Waals surface area contributed by atoms with Gasteiger partial charge in [0.05, 0.1) is 12.7 Å². The van der Waals surface area contributed by atoms with Gasteiger partial charge >= 0.3 is 18.2 Å². The Hall–Kier alpha value is -4.73.